The van der Waals surface area contributed by atoms with Crippen molar-refractivity contribution in [2.24, 2.45) is 11.0 Å². The first kappa shape index (κ1) is 23.5. The fourth-order valence-corrected chi connectivity index (χ4v) is 4.66. The van der Waals surface area contributed by atoms with Crippen LogP contribution in [0.25, 0.3) is 0 Å². The first-order valence-corrected chi connectivity index (χ1v) is 11.9. The highest BCUT2D eigenvalue weighted by molar-refractivity contribution is 6.30. The molecule has 0 N–H and O–H groups in total. The van der Waals surface area contributed by atoms with E-state index < -0.39 is 0 Å². The summed E-state index contributed by atoms with van der Waals surface area (Å²) in [5.41, 5.74) is 4.13. The lowest BCUT2D eigenvalue weighted by Crippen LogP contribution is -2.43. The Labute approximate surface area is 200 Å². The molecule has 1 amide bonds. The van der Waals surface area contributed by atoms with Crippen molar-refractivity contribution in [1.82, 2.24) is 9.91 Å². The zero-order valence-corrected chi connectivity index (χ0v) is 19.9. The van der Waals surface area contributed by atoms with Gasteiger partial charge in [-0.05, 0) is 63.0 Å². The molecule has 0 spiro atoms. The van der Waals surface area contributed by atoms with Crippen molar-refractivity contribution in [2.75, 3.05) is 26.2 Å². The maximum Gasteiger partial charge on any atom is 0.309 e. The van der Waals surface area contributed by atoms with Crippen LogP contribution in [0, 0.1) is 12.8 Å². The lowest BCUT2D eigenvalue weighted by molar-refractivity contribution is -0.149. The molecule has 1 atom stereocenters. The lowest BCUT2D eigenvalue weighted by Gasteiger charge is -2.31. The SMILES string of the molecule is CCOC(=O)C1CCN(CC(=O)N2N=C(c3cccc(C)c3)C[C@@H]2c2ccc(Cl)cc2)CC1. The van der Waals surface area contributed by atoms with Crippen LogP contribution >= 0.6 is 11.6 Å². The van der Waals surface area contributed by atoms with E-state index in [0.29, 0.717) is 44.0 Å². The number of ether oxygens (including phenoxy) is 1. The first-order chi connectivity index (χ1) is 15.9. The summed E-state index contributed by atoms with van der Waals surface area (Å²) in [6.07, 6.45) is 2.08. The zero-order valence-electron chi connectivity index (χ0n) is 19.2. The standard InChI is InChI=1S/C26H30ClN3O3/c1-3-33-26(32)20-11-13-29(14-12-20)17-25(31)30-24(19-7-9-22(27)10-8-19)16-23(28-30)21-6-4-5-18(2)15-21/h4-10,15,20,24H,3,11-14,16-17H2,1-2H3/t24-/m1/s1. The van der Waals surface area contributed by atoms with Crippen molar-refractivity contribution in [1.29, 1.82) is 0 Å². The van der Waals surface area contributed by atoms with Gasteiger partial charge in [-0.25, -0.2) is 5.01 Å². The van der Waals surface area contributed by atoms with Gasteiger partial charge in [-0.3, -0.25) is 14.5 Å². The second kappa shape index (κ2) is 10.5. The molecule has 4 rings (SSSR count). The van der Waals surface area contributed by atoms with Crippen molar-refractivity contribution >= 4 is 29.2 Å². The predicted octanol–water partition coefficient (Wildman–Crippen LogP) is 4.60. The summed E-state index contributed by atoms with van der Waals surface area (Å²) in [6.45, 7) is 5.96. The second-order valence-electron chi connectivity index (χ2n) is 8.73. The molecule has 0 aliphatic carbocycles. The van der Waals surface area contributed by atoms with E-state index in [4.69, 9.17) is 21.4 Å². The summed E-state index contributed by atoms with van der Waals surface area (Å²) >= 11 is 6.09. The maximum atomic E-state index is 13.4. The Morgan fingerprint density at radius 2 is 1.85 bits per heavy atom. The Bertz CT molecular complexity index is 1030. The normalized spacial score (nSPS) is 19.4. The number of rotatable bonds is 6. The fraction of sp³-hybridized carbons (Fsp3) is 0.423. The van der Waals surface area contributed by atoms with Crippen LogP contribution in [-0.2, 0) is 14.3 Å². The Balaban J connectivity index is 1.49. The number of hydrogen-bond acceptors (Lipinski definition) is 5. The van der Waals surface area contributed by atoms with Gasteiger partial charge in [0.25, 0.3) is 5.91 Å². The highest BCUT2D eigenvalue weighted by atomic mass is 35.5. The van der Waals surface area contributed by atoms with Crippen molar-refractivity contribution in [3.8, 4) is 0 Å². The van der Waals surface area contributed by atoms with Gasteiger partial charge >= 0.3 is 5.97 Å². The summed E-state index contributed by atoms with van der Waals surface area (Å²) < 4.78 is 5.15. The van der Waals surface area contributed by atoms with Gasteiger partial charge in [-0.1, -0.05) is 53.6 Å². The van der Waals surface area contributed by atoms with Crippen LogP contribution in [0.1, 0.15) is 48.9 Å². The Morgan fingerprint density at radius 1 is 1.12 bits per heavy atom. The van der Waals surface area contributed by atoms with E-state index in [0.717, 1.165) is 22.4 Å². The number of aryl methyl sites for hydroxylation is 1. The molecule has 2 heterocycles. The van der Waals surface area contributed by atoms with E-state index in [1.54, 1.807) is 5.01 Å². The van der Waals surface area contributed by atoms with Gasteiger partial charge < -0.3 is 4.74 Å². The average Bonchev–Trinajstić information content (AvgIpc) is 3.26. The van der Waals surface area contributed by atoms with Crippen molar-refractivity contribution in [3.05, 3.63) is 70.2 Å². The summed E-state index contributed by atoms with van der Waals surface area (Å²) in [7, 11) is 0. The fourth-order valence-electron chi connectivity index (χ4n) is 4.53. The van der Waals surface area contributed by atoms with E-state index in [9.17, 15) is 9.59 Å². The molecule has 6 nitrogen and oxygen atoms in total. The summed E-state index contributed by atoms with van der Waals surface area (Å²) in [6, 6.07) is 15.7. The summed E-state index contributed by atoms with van der Waals surface area (Å²) in [5.74, 6) is -0.235. The molecule has 0 aromatic heterocycles. The lowest BCUT2D eigenvalue weighted by atomic mass is 9.96. The van der Waals surface area contributed by atoms with E-state index in [2.05, 4.69) is 24.0 Å². The minimum absolute atomic E-state index is 0.0350. The second-order valence-corrected chi connectivity index (χ2v) is 9.16. The molecule has 1 saturated heterocycles. The van der Waals surface area contributed by atoms with Crippen molar-refractivity contribution < 1.29 is 14.3 Å². The number of halogens is 1. The van der Waals surface area contributed by atoms with Gasteiger partial charge in [-0.15, -0.1) is 0 Å². The van der Waals surface area contributed by atoms with Crippen LogP contribution in [0.2, 0.25) is 5.02 Å². The Hall–Kier alpha value is -2.70. The monoisotopic (exact) mass is 467 g/mol. The molecule has 2 aliphatic heterocycles. The number of esters is 1. The number of piperidine rings is 1. The molecule has 1 fully saturated rings. The molecule has 0 radical (unpaired) electrons. The molecule has 2 aromatic rings. The number of benzene rings is 2. The third-order valence-corrected chi connectivity index (χ3v) is 6.59. The Morgan fingerprint density at radius 3 is 2.52 bits per heavy atom. The molecular formula is C26H30ClN3O3. The molecule has 0 bridgehead atoms. The van der Waals surface area contributed by atoms with E-state index in [1.165, 1.54) is 0 Å². The van der Waals surface area contributed by atoms with Gasteiger partial charge in [0.15, 0.2) is 0 Å². The van der Waals surface area contributed by atoms with Gasteiger partial charge in [0.05, 0.1) is 30.8 Å². The molecule has 7 heteroatoms. The average molecular weight is 468 g/mol. The summed E-state index contributed by atoms with van der Waals surface area (Å²) in [4.78, 5) is 27.5. The van der Waals surface area contributed by atoms with Crippen LogP contribution in [-0.4, -0.2) is 53.7 Å². The number of amides is 1. The number of nitrogens with zero attached hydrogens (tertiary/aromatic N) is 3. The first-order valence-electron chi connectivity index (χ1n) is 11.6. The van der Waals surface area contributed by atoms with Crippen LogP contribution in [0.15, 0.2) is 53.6 Å². The predicted molar refractivity (Wildman–Crippen MR) is 129 cm³/mol. The molecule has 33 heavy (non-hydrogen) atoms. The smallest absolute Gasteiger partial charge is 0.309 e. The minimum atomic E-state index is -0.164. The molecule has 0 unspecified atom stereocenters. The number of carbonyl (C=O) groups excluding carboxylic acids is 2. The van der Waals surface area contributed by atoms with E-state index in [1.807, 2.05) is 43.3 Å². The maximum absolute atomic E-state index is 13.4. The highest BCUT2D eigenvalue weighted by Crippen LogP contribution is 2.34. The zero-order chi connectivity index (χ0) is 23.4. The molecule has 2 aliphatic rings. The van der Waals surface area contributed by atoms with Crippen LogP contribution < -0.4 is 0 Å². The molecule has 0 saturated carbocycles. The highest BCUT2D eigenvalue weighted by Gasteiger charge is 2.35. The van der Waals surface area contributed by atoms with E-state index >= 15 is 0 Å². The third kappa shape index (κ3) is 5.63. The number of carbonyl (C=O) groups is 2. The molecular weight excluding hydrogens is 438 g/mol. The van der Waals surface area contributed by atoms with Gasteiger partial charge in [0.1, 0.15) is 0 Å². The van der Waals surface area contributed by atoms with Crippen LogP contribution in [0.4, 0.5) is 0 Å². The molecule has 2 aromatic carbocycles. The van der Waals surface area contributed by atoms with Crippen molar-refractivity contribution in [2.45, 2.75) is 39.2 Å². The number of hydrogen-bond donors (Lipinski definition) is 0. The quantitative estimate of drug-likeness (QED) is 0.582. The number of likely N-dealkylation sites (tertiary alicyclic amines) is 1. The van der Waals surface area contributed by atoms with Crippen LogP contribution in [0.3, 0.4) is 0 Å². The van der Waals surface area contributed by atoms with Crippen molar-refractivity contribution in [3.63, 3.8) is 0 Å². The van der Waals surface area contributed by atoms with Gasteiger partial charge in [0, 0.05) is 11.4 Å². The molecule has 174 valence electrons. The Kier molecular flexibility index (Phi) is 7.46. The topological polar surface area (TPSA) is 62.2 Å². The van der Waals surface area contributed by atoms with Gasteiger partial charge in [0.2, 0.25) is 0 Å². The largest absolute Gasteiger partial charge is 0.466 e. The van der Waals surface area contributed by atoms with Crippen LogP contribution in [0.5, 0.6) is 0 Å². The van der Waals surface area contributed by atoms with Gasteiger partial charge in [-0.2, -0.15) is 5.10 Å². The van der Waals surface area contributed by atoms with E-state index in [-0.39, 0.29) is 30.4 Å². The minimum Gasteiger partial charge on any atom is -0.466 e. The number of hydrazone groups is 1. The third-order valence-electron chi connectivity index (χ3n) is 6.34. The summed E-state index contributed by atoms with van der Waals surface area (Å²) in [5, 5.41) is 7.08.